The second-order valence-corrected chi connectivity index (χ2v) is 5.98. The van der Waals surface area contributed by atoms with Gasteiger partial charge in [0, 0.05) is 23.0 Å². The van der Waals surface area contributed by atoms with Crippen LogP contribution in [0.25, 0.3) is 0 Å². The fourth-order valence-electron chi connectivity index (χ4n) is 2.18. The molecule has 16 heavy (non-hydrogen) atoms. The van der Waals surface area contributed by atoms with Gasteiger partial charge in [0.1, 0.15) is 0 Å². The molecule has 90 valence electrons. The van der Waals surface area contributed by atoms with Crippen molar-refractivity contribution in [3.8, 4) is 0 Å². The molecule has 2 nitrogen and oxygen atoms in total. The summed E-state index contributed by atoms with van der Waals surface area (Å²) in [5, 5.41) is 10.2. The average molecular weight is 240 g/mol. The summed E-state index contributed by atoms with van der Waals surface area (Å²) in [6.07, 6.45) is 2.81. The molecule has 1 fully saturated rings. The highest BCUT2D eigenvalue weighted by atomic mass is 32.1. The van der Waals surface area contributed by atoms with E-state index in [1.807, 2.05) is 0 Å². The second-order valence-electron chi connectivity index (χ2n) is 4.70. The Balaban J connectivity index is 1.93. The largest absolute Gasteiger partial charge is 0.388 e. The lowest BCUT2D eigenvalue weighted by Crippen LogP contribution is -2.17. The van der Waals surface area contributed by atoms with E-state index in [9.17, 15) is 5.11 Å². The minimum atomic E-state index is -0.277. The van der Waals surface area contributed by atoms with E-state index in [1.165, 1.54) is 10.4 Å². The first-order valence-electron chi connectivity index (χ1n) is 5.99. The van der Waals surface area contributed by atoms with E-state index in [2.05, 4.69) is 19.9 Å². The standard InChI is InChI=1S/C13H20O2S/c1-9-7-13(16-10(9)2)12(14)8-11-3-5-15-6-4-11/h7,11-12,14H,3-6,8H2,1-2H3. The molecular weight excluding hydrogens is 220 g/mol. The maximum atomic E-state index is 10.2. The monoisotopic (exact) mass is 240 g/mol. The molecule has 1 N–H and O–H groups in total. The molecule has 1 unspecified atom stereocenters. The molecule has 1 aromatic rings. The molecule has 0 bridgehead atoms. The Bertz CT molecular complexity index is 320. The first kappa shape index (κ1) is 12.1. The minimum absolute atomic E-state index is 0.277. The lowest BCUT2D eigenvalue weighted by molar-refractivity contribution is 0.0442. The Morgan fingerprint density at radius 3 is 2.69 bits per heavy atom. The molecule has 0 aromatic carbocycles. The van der Waals surface area contributed by atoms with E-state index in [0.717, 1.165) is 37.4 Å². The van der Waals surface area contributed by atoms with E-state index in [-0.39, 0.29) is 6.10 Å². The number of hydrogen-bond acceptors (Lipinski definition) is 3. The van der Waals surface area contributed by atoms with Crippen molar-refractivity contribution in [3.05, 3.63) is 21.4 Å². The third-order valence-electron chi connectivity index (χ3n) is 3.41. The summed E-state index contributed by atoms with van der Waals surface area (Å²) >= 11 is 1.73. The van der Waals surface area contributed by atoms with Gasteiger partial charge in [-0.25, -0.2) is 0 Å². The van der Waals surface area contributed by atoms with Crippen molar-refractivity contribution < 1.29 is 9.84 Å². The molecule has 2 rings (SSSR count). The summed E-state index contributed by atoms with van der Waals surface area (Å²) in [6.45, 7) is 5.95. The Hall–Kier alpha value is -0.380. The lowest BCUT2D eigenvalue weighted by Gasteiger charge is -2.23. The number of aliphatic hydroxyl groups is 1. The van der Waals surface area contributed by atoms with Crippen molar-refractivity contribution in [1.82, 2.24) is 0 Å². The van der Waals surface area contributed by atoms with Crippen LogP contribution in [0.3, 0.4) is 0 Å². The van der Waals surface area contributed by atoms with E-state index in [0.29, 0.717) is 5.92 Å². The molecule has 1 saturated heterocycles. The van der Waals surface area contributed by atoms with Gasteiger partial charge in [0.05, 0.1) is 6.10 Å². The molecular formula is C13H20O2S. The van der Waals surface area contributed by atoms with Gasteiger partial charge < -0.3 is 9.84 Å². The van der Waals surface area contributed by atoms with Gasteiger partial charge in [-0.2, -0.15) is 0 Å². The molecule has 2 heterocycles. The van der Waals surface area contributed by atoms with E-state index < -0.39 is 0 Å². The molecule has 0 spiro atoms. The van der Waals surface area contributed by atoms with Crippen molar-refractivity contribution in [1.29, 1.82) is 0 Å². The number of hydrogen-bond donors (Lipinski definition) is 1. The number of rotatable bonds is 3. The highest BCUT2D eigenvalue weighted by Crippen LogP contribution is 2.32. The summed E-state index contributed by atoms with van der Waals surface area (Å²) in [6, 6.07) is 2.13. The molecule has 3 heteroatoms. The van der Waals surface area contributed by atoms with Crippen molar-refractivity contribution in [3.63, 3.8) is 0 Å². The van der Waals surface area contributed by atoms with Gasteiger partial charge in [-0.3, -0.25) is 0 Å². The van der Waals surface area contributed by atoms with Gasteiger partial charge in [0.25, 0.3) is 0 Å². The van der Waals surface area contributed by atoms with E-state index in [1.54, 1.807) is 11.3 Å². The van der Waals surface area contributed by atoms with Crippen LogP contribution in [0, 0.1) is 19.8 Å². The fraction of sp³-hybridized carbons (Fsp3) is 0.692. The molecule has 0 saturated carbocycles. The Labute approximate surface area is 101 Å². The topological polar surface area (TPSA) is 29.5 Å². The Morgan fingerprint density at radius 2 is 2.12 bits per heavy atom. The molecule has 1 atom stereocenters. The number of ether oxygens (including phenoxy) is 1. The molecule has 0 amide bonds. The Morgan fingerprint density at radius 1 is 1.44 bits per heavy atom. The smallest absolute Gasteiger partial charge is 0.0884 e. The van der Waals surface area contributed by atoms with Crippen LogP contribution in [0.5, 0.6) is 0 Å². The van der Waals surface area contributed by atoms with Crippen LogP contribution in [0.1, 0.15) is 40.7 Å². The van der Waals surface area contributed by atoms with Gasteiger partial charge in [0.2, 0.25) is 0 Å². The number of aliphatic hydroxyl groups excluding tert-OH is 1. The third kappa shape index (κ3) is 2.84. The van der Waals surface area contributed by atoms with Crippen LogP contribution < -0.4 is 0 Å². The van der Waals surface area contributed by atoms with Crippen molar-refractivity contribution in [2.24, 2.45) is 5.92 Å². The zero-order valence-corrected chi connectivity index (χ0v) is 10.8. The minimum Gasteiger partial charge on any atom is -0.388 e. The summed E-state index contributed by atoms with van der Waals surface area (Å²) in [5.74, 6) is 0.631. The average Bonchev–Trinajstić information content (AvgIpc) is 2.61. The van der Waals surface area contributed by atoms with Gasteiger partial charge in [-0.05, 0) is 50.7 Å². The summed E-state index contributed by atoms with van der Waals surface area (Å²) in [5.41, 5.74) is 1.30. The van der Waals surface area contributed by atoms with Crippen LogP contribution in [0.4, 0.5) is 0 Å². The zero-order valence-electron chi connectivity index (χ0n) is 10.0. The summed E-state index contributed by atoms with van der Waals surface area (Å²) in [7, 11) is 0. The fourth-order valence-corrected chi connectivity index (χ4v) is 3.22. The third-order valence-corrected chi connectivity index (χ3v) is 4.66. The van der Waals surface area contributed by atoms with E-state index >= 15 is 0 Å². The SMILES string of the molecule is Cc1cc(C(O)CC2CCOCC2)sc1C. The predicted octanol–water partition coefficient (Wildman–Crippen LogP) is 3.22. The van der Waals surface area contributed by atoms with E-state index in [4.69, 9.17) is 4.74 Å². The van der Waals surface area contributed by atoms with Crippen LogP contribution in [-0.4, -0.2) is 18.3 Å². The quantitative estimate of drug-likeness (QED) is 0.879. The highest BCUT2D eigenvalue weighted by molar-refractivity contribution is 7.12. The van der Waals surface area contributed by atoms with Gasteiger partial charge in [-0.15, -0.1) is 11.3 Å². The van der Waals surface area contributed by atoms with Crippen LogP contribution in [-0.2, 0) is 4.74 Å². The highest BCUT2D eigenvalue weighted by Gasteiger charge is 2.20. The van der Waals surface area contributed by atoms with Crippen molar-refractivity contribution in [2.75, 3.05) is 13.2 Å². The van der Waals surface area contributed by atoms with Gasteiger partial charge in [0.15, 0.2) is 0 Å². The van der Waals surface area contributed by atoms with Gasteiger partial charge >= 0.3 is 0 Å². The Kier molecular flexibility index (Phi) is 4.00. The molecule has 1 aliphatic heterocycles. The zero-order chi connectivity index (χ0) is 11.5. The molecule has 1 aromatic heterocycles. The normalized spacial score (nSPS) is 19.9. The van der Waals surface area contributed by atoms with Crippen LogP contribution >= 0.6 is 11.3 Å². The summed E-state index contributed by atoms with van der Waals surface area (Å²) < 4.78 is 5.33. The predicted molar refractivity (Wildman–Crippen MR) is 66.9 cm³/mol. The van der Waals surface area contributed by atoms with Crippen LogP contribution in [0.15, 0.2) is 6.07 Å². The van der Waals surface area contributed by atoms with Crippen LogP contribution in [0.2, 0.25) is 0 Å². The number of aryl methyl sites for hydroxylation is 2. The van der Waals surface area contributed by atoms with Gasteiger partial charge in [-0.1, -0.05) is 0 Å². The molecule has 0 radical (unpaired) electrons. The van der Waals surface area contributed by atoms with Crippen molar-refractivity contribution >= 4 is 11.3 Å². The number of thiophene rings is 1. The second kappa shape index (κ2) is 5.30. The first-order chi connectivity index (χ1) is 7.66. The molecule has 0 aliphatic carbocycles. The summed E-state index contributed by atoms with van der Waals surface area (Å²) in [4.78, 5) is 2.45. The van der Waals surface area contributed by atoms with Crippen molar-refractivity contribution in [2.45, 2.75) is 39.2 Å². The maximum Gasteiger partial charge on any atom is 0.0884 e. The molecule has 1 aliphatic rings. The maximum absolute atomic E-state index is 10.2. The lowest BCUT2D eigenvalue weighted by atomic mass is 9.93. The first-order valence-corrected chi connectivity index (χ1v) is 6.81.